The summed E-state index contributed by atoms with van der Waals surface area (Å²) in [6, 6.07) is 7.60. The lowest BCUT2D eigenvalue weighted by Gasteiger charge is -2.34. The van der Waals surface area contributed by atoms with Gasteiger partial charge in [-0.25, -0.2) is 4.39 Å². The van der Waals surface area contributed by atoms with Crippen LogP contribution in [-0.4, -0.2) is 32.5 Å². The normalized spacial score (nSPS) is 20.0. The number of methoxy groups -OCH3 is 1. The zero-order chi connectivity index (χ0) is 21.1. The van der Waals surface area contributed by atoms with E-state index in [1.807, 2.05) is 19.1 Å². The van der Waals surface area contributed by atoms with Crippen molar-refractivity contribution in [3.8, 4) is 23.0 Å². The highest BCUT2D eigenvalue weighted by atomic mass is 19.1. The molecule has 2 aromatic carbocycles. The molecule has 8 heteroatoms. The Hall–Kier alpha value is -3.00. The van der Waals surface area contributed by atoms with E-state index in [1.165, 1.54) is 13.2 Å². The average Bonchev–Trinajstić information content (AvgIpc) is 3.20. The van der Waals surface area contributed by atoms with Crippen molar-refractivity contribution in [2.45, 2.75) is 38.4 Å². The summed E-state index contributed by atoms with van der Waals surface area (Å²) < 4.78 is 36.5. The molecule has 0 saturated carbocycles. The van der Waals surface area contributed by atoms with Gasteiger partial charge < -0.3 is 29.6 Å². The van der Waals surface area contributed by atoms with Gasteiger partial charge in [-0.1, -0.05) is 0 Å². The van der Waals surface area contributed by atoms with Crippen LogP contribution in [0, 0.1) is 5.82 Å². The van der Waals surface area contributed by atoms with Gasteiger partial charge in [0.2, 0.25) is 12.7 Å². The second-order valence-electron chi connectivity index (χ2n) is 7.20. The summed E-state index contributed by atoms with van der Waals surface area (Å²) in [4.78, 5) is 12.1. The van der Waals surface area contributed by atoms with Crippen LogP contribution in [0.3, 0.4) is 0 Å². The van der Waals surface area contributed by atoms with Gasteiger partial charge in [-0.3, -0.25) is 4.79 Å². The summed E-state index contributed by atoms with van der Waals surface area (Å²) in [6.45, 7) is 3.09. The van der Waals surface area contributed by atoms with Crippen LogP contribution in [0.25, 0.3) is 0 Å². The number of nitrogens with one attached hydrogen (secondary N) is 2. The first-order valence-electron chi connectivity index (χ1n) is 10.0. The predicted molar refractivity (Wildman–Crippen MR) is 107 cm³/mol. The van der Waals surface area contributed by atoms with Crippen molar-refractivity contribution >= 4 is 5.91 Å². The van der Waals surface area contributed by atoms with Crippen molar-refractivity contribution in [3.05, 3.63) is 47.3 Å². The van der Waals surface area contributed by atoms with Crippen molar-refractivity contribution in [2.24, 2.45) is 0 Å². The summed E-state index contributed by atoms with van der Waals surface area (Å²) in [7, 11) is 1.53. The molecule has 160 valence electrons. The summed E-state index contributed by atoms with van der Waals surface area (Å²) in [5.74, 6) is 2.09. The second-order valence-corrected chi connectivity index (χ2v) is 7.20. The van der Waals surface area contributed by atoms with Gasteiger partial charge in [-0.05, 0) is 37.6 Å². The van der Waals surface area contributed by atoms with E-state index in [0.717, 1.165) is 5.56 Å². The monoisotopic (exact) mass is 416 g/mol. The maximum atomic E-state index is 14.6. The molecule has 2 aromatic rings. The number of halogens is 1. The first-order chi connectivity index (χ1) is 14.6. The number of hydrogen-bond donors (Lipinski definition) is 2. The lowest BCUT2D eigenvalue weighted by molar-refractivity contribution is -0.123. The minimum absolute atomic E-state index is 0.0987. The largest absolute Gasteiger partial charge is 0.497 e. The highest BCUT2D eigenvalue weighted by Crippen LogP contribution is 2.38. The van der Waals surface area contributed by atoms with Crippen molar-refractivity contribution < 1.29 is 28.1 Å². The van der Waals surface area contributed by atoms with Crippen LogP contribution in [-0.2, 0) is 11.3 Å². The van der Waals surface area contributed by atoms with Crippen LogP contribution >= 0.6 is 0 Å². The van der Waals surface area contributed by atoms with Crippen LogP contribution in [0.5, 0.6) is 23.0 Å². The molecule has 2 aliphatic heterocycles. The van der Waals surface area contributed by atoms with E-state index in [2.05, 4.69) is 10.6 Å². The lowest BCUT2D eigenvalue weighted by atomic mass is 9.91. The fourth-order valence-electron chi connectivity index (χ4n) is 3.84. The van der Waals surface area contributed by atoms with Gasteiger partial charge >= 0.3 is 0 Å². The number of hydrogen-bond acceptors (Lipinski definition) is 6. The number of amides is 1. The summed E-state index contributed by atoms with van der Waals surface area (Å²) >= 11 is 0. The summed E-state index contributed by atoms with van der Waals surface area (Å²) in [5, 5.41) is 6.38. The fraction of sp³-hybridized carbons (Fsp3) is 0.409. The summed E-state index contributed by atoms with van der Waals surface area (Å²) in [6.07, 6.45) is 0.959. The molecule has 2 heterocycles. The Bertz CT molecular complexity index is 936. The van der Waals surface area contributed by atoms with Crippen LogP contribution in [0.2, 0.25) is 0 Å². The molecule has 0 bridgehead atoms. The van der Waals surface area contributed by atoms with E-state index in [-0.39, 0.29) is 24.6 Å². The van der Waals surface area contributed by atoms with Gasteiger partial charge in [0.15, 0.2) is 11.5 Å². The SMILES string of the molecule is CCOc1cc2c(cc1CN[C@@H]1CCC(=O)N[C@H]1c1cc(OC)ccc1F)OCO2. The Morgan fingerprint density at radius 3 is 2.80 bits per heavy atom. The molecule has 0 radical (unpaired) electrons. The van der Waals surface area contributed by atoms with E-state index >= 15 is 0 Å². The average molecular weight is 416 g/mol. The van der Waals surface area contributed by atoms with E-state index in [1.54, 1.807) is 12.1 Å². The standard InChI is InChI=1S/C22H25FN2O5/c1-3-28-18-10-20-19(29-12-30-20)8-13(18)11-24-17-6-7-21(26)25-22(17)15-9-14(27-2)4-5-16(15)23/h4-5,8-10,17,22,24H,3,6-7,11-12H2,1-2H3,(H,25,26)/t17-,22+/m1/s1. The minimum atomic E-state index is -0.508. The molecule has 0 spiro atoms. The third-order valence-electron chi connectivity index (χ3n) is 5.35. The van der Waals surface area contributed by atoms with Gasteiger partial charge in [0, 0.05) is 36.2 Å². The van der Waals surface area contributed by atoms with Crippen LogP contribution in [0.1, 0.15) is 36.9 Å². The van der Waals surface area contributed by atoms with E-state index in [0.29, 0.717) is 54.6 Å². The lowest BCUT2D eigenvalue weighted by Crippen LogP contribution is -2.48. The number of carbonyl (C=O) groups is 1. The zero-order valence-corrected chi connectivity index (χ0v) is 17.0. The van der Waals surface area contributed by atoms with Gasteiger partial charge in [0.25, 0.3) is 0 Å². The van der Waals surface area contributed by atoms with Crippen LogP contribution in [0.4, 0.5) is 4.39 Å². The molecule has 2 atom stereocenters. The first-order valence-corrected chi connectivity index (χ1v) is 10.0. The van der Waals surface area contributed by atoms with Crippen molar-refractivity contribution in [1.29, 1.82) is 0 Å². The molecule has 0 aliphatic carbocycles. The Balaban J connectivity index is 1.57. The van der Waals surface area contributed by atoms with Crippen molar-refractivity contribution in [2.75, 3.05) is 20.5 Å². The van der Waals surface area contributed by atoms with Crippen LogP contribution in [0.15, 0.2) is 30.3 Å². The Labute approximate surface area is 174 Å². The molecule has 7 nitrogen and oxygen atoms in total. The van der Waals surface area contributed by atoms with E-state index < -0.39 is 6.04 Å². The Morgan fingerprint density at radius 2 is 2.03 bits per heavy atom. The zero-order valence-electron chi connectivity index (χ0n) is 17.0. The van der Waals surface area contributed by atoms with Crippen LogP contribution < -0.4 is 29.6 Å². The first kappa shape index (κ1) is 20.3. The quantitative estimate of drug-likeness (QED) is 0.722. The van der Waals surface area contributed by atoms with Gasteiger partial charge in [-0.15, -0.1) is 0 Å². The number of rotatable bonds is 7. The number of benzene rings is 2. The number of piperidine rings is 1. The van der Waals surface area contributed by atoms with Gasteiger partial charge in [0.1, 0.15) is 17.3 Å². The van der Waals surface area contributed by atoms with Gasteiger partial charge in [-0.2, -0.15) is 0 Å². The maximum absolute atomic E-state index is 14.6. The topological polar surface area (TPSA) is 78.1 Å². The molecule has 30 heavy (non-hydrogen) atoms. The van der Waals surface area contributed by atoms with E-state index in [4.69, 9.17) is 18.9 Å². The molecule has 0 aromatic heterocycles. The second kappa shape index (κ2) is 8.79. The predicted octanol–water partition coefficient (Wildman–Crippen LogP) is 3.07. The van der Waals surface area contributed by atoms with Gasteiger partial charge in [0.05, 0.1) is 19.8 Å². The minimum Gasteiger partial charge on any atom is -0.497 e. The molecule has 2 N–H and O–H groups in total. The Kier molecular flexibility index (Phi) is 5.94. The molecular formula is C22H25FN2O5. The fourth-order valence-corrected chi connectivity index (χ4v) is 3.84. The molecule has 1 amide bonds. The highest BCUT2D eigenvalue weighted by Gasteiger charge is 2.32. The molecule has 0 unspecified atom stereocenters. The molecule has 2 aliphatic rings. The molecule has 1 saturated heterocycles. The highest BCUT2D eigenvalue weighted by molar-refractivity contribution is 5.77. The molecule has 4 rings (SSSR count). The summed E-state index contributed by atoms with van der Waals surface area (Å²) in [5.41, 5.74) is 1.30. The third kappa shape index (κ3) is 4.14. The van der Waals surface area contributed by atoms with Crippen molar-refractivity contribution in [1.82, 2.24) is 10.6 Å². The van der Waals surface area contributed by atoms with Crippen molar-refractivity contribution in [3.63, 3.8) is 0 Å². The molecule has 1 fully saturated rings. The third-order valence-corrected chi connectivity index (χ3v) is 5.35. The number of fused-ring (bicyclic) bond motifs is 1. The Morgan fingerprint density at radius 1 is 1.23 bits per heavy atom. The number of ether oxygens (including phenoxy) is 4. The molecular weight excluding hydrogens is 391 g/mol. The number of carbonyl (C=O) groups excluding carboxylic acids is 1. The van der Waals surface area contributed by atoms with E-state index in [9.17, 15) is 9.18 Å². The maximum Gasteiger partial charge on any atom is 0.231 e. The smallest absolute Gasteiger partial charge is 0.231 e.